The van der Waals surface area contributed by atoms with Gasteiger partial charge in [0.25, 0.3) is 0 Å². The van der Waals surface area contributed by atoms with E-state index in [1.54, 1.807) is 13.8 Å². The Balaban J connectivity index is 2.31. The van der Waals surface area contributed by atoms with Crippen LogP contribution in [-0.4, -0.2) is 42.5 Å². The van der Waals surface area contributed by atoms with Crippen molar-refractivity contribution in [2.45, 2.75) is 38.5 Å². The van der Waals surface area contributed by atoms with Crippen LogP contribution in [0.3, 0.4) is 0 Å². The van der Waals surface area contributed by atoms with Gasteiger partial charge in [-0.05, 0) is 26.8 Å². The lowest BCUT2D eigenvalue weighted by molar-refractivity contribution is 0.0761. The van der Waals surface area contributed by atoms with Gasteiger partial charge in [-0.1, -0.05) is 0 Å². The van der Waals surface area contributed by atoms with Crippen molar-refractivity contribution >= 4 is 6.09 Å². The third-order valence-electron chi connectivity index (χ3n) is 2.09. The zero-order valence-electron chi connectivity index (χ0n) is 8.62. The highest BCUT2D eigenvalue weighted by Crippen LogP contribution is 2.03. The average molecular weight is 202 g/mol. The number of aliphatic hydroxyl groups excluding tert-OH is 1. The first-order valence-electron chi connectivity index (χ1n) is 4.95. The fourth-order valence-electron chi connectivity index (χ4n) is 1.39. The second-order valence-electron chi connectivity index (χ2n) is 3.77. The van der Waals surface area contributed by atoms with E-state index in [1.807, 2.05) is 0 Å². The summed E-state index contributed by atoms with van der Waals surface area (Å²) in [6.07, 6.45) is -0.417. The Kier molecular flexibility index (Phi) is 4.16. The van der Waals surface area contributed by atoms with E-state index >= 15 is 0 Å². The summed E-state index contributed by atoms with van der Waals surface area (Å²) in [6.45, 7) is 4.96. The van der Waals surface area contributed by atoms with Crippen LogP contribution in [0.1, 0.15) is 20.3 Å². The van der Waals surface area contributed by atoms with E-state index in [0.717, 1.165) is 6.54 Å². The topological polar surface area (TPSA) is 70.6 Å². The number of rotatable bonds is 2. The summed E-state index contributed by atoms with van der Waals surface area (Å²) < 4.78 is 4.91. The molecule has 0 saturated carbocycles. The molecule has 1 rings (SSSR count). The maximum Gasteiger partial charge on any atom is 0.407 e. The Morgan fingerprint density at radius 2 is 2.36 bits per heavy atom. The summed E-state index contributed by atoms with van der Waals surface area (Å²) >= 11 is 0. The van der Waals surface area contributed by atoms with Gasteiger partial charge in [0, 0.05) is 6.54 Å². The van der Waals surface area contributed by atoms with Crippen molar-refractivity contribution in [3.8, 4) is 0 Å². The van der Waals surface area contributed by atoms with Gasteiger partial charge in [0.05, 0.1) is 18.2 Å². The molecule has 5 nitrogen and oxygen atoms in total. The van der Waals surface area contributed by atoms with Gasteiger partial charge in [0.2, 0.25) is 0 Å². The number of nitrogens with one attached hydrogen (secondary N) is 2. The van der Waals surface area contributed by atoms with Crippen LogP contribution in [0.4, 0.5) is 4.79 Å². The molecule has 1 aliphatic rings. The maximum absolute atomic E-state index is 11.2. The minimum atomic E-state index is -0.476. The molecule has 0 unspecified atom stereocenters. The summed E-state index contributed by atoms with van der Waals surface area (Å²) in [6, 6.07) is -0.241. The first-order valence-corrected chi connectivity index (χ1v) is 4.95. The van der Waals surface area contributed by atoms with Crippen molar-refractivity contribution in [3.63, 3.8) is 0 Å². The normalized spacial score (nSPS) is 27.4. The van der Waals surface area contributed by atoms with Crippen LogP contribution in [0.15, 0.2) is 0 Å². The number of carbonyl (C=O) groups is 1. The van der Waals surface area contributed by atoms with Gasteiger partial charge in [-0.3, -0.25) is 0 Å². The molecule has 1 heterocycles. The highest BCUT2D eigenvalue weighted by atomic mass is 16.6. The second kappa shape index (κ2) is 5.17. The monoisotopic (exact) mass is 202 g/mol. The standard InChI is InChI=1S/C9H18N2O3/c1-6(2)14-9(13)11-7-5-10-4-3-8(7)12/h6-8,10,12H,3-5H2,1-2H3,(H,11,13)/t7-,8-/m1/s1. The van der Waals surface area contributed by atoms with Gasteiger partial charge >= 0.3 is 6.09 Å². The van der Waals surface area contributed by atoms with Gasteiger partial charge in [-0.25, -0.2) is 4.79 Å². The SMILES string of the molecule is CC(C)OC(=O)N[C@@H]1CNCC[C@H]1O. The zero-order valence-corrected chi connectivity index (χ0v) is 8.62. The average Bonchev–Trinajstić information content (AvgIpc) is 2.07. The smallest absolute Gasteiger partial charge is 0.407 e. The van der Waals surface area contributed by atoms with Crippen LogP contribution in [-0.2, 0) is 4.74 Å². The number of carbonyl (C=O) groups excluding carboxylic acids is 1. The summed E-state index contributed by atoms with van der Waals surface area (Å²) in [5, 5.41) is 15.3. The van der Waals surface area contributed by atoms with Gasteiger partial charge in [-0.2, -0.15) is 0 Å². The zero-order chi connectivity index (χ0) is 10.6. The van der Waals surface area contributed by atoms with Crippen molar-refractivity contribution in [1.29, 1.82) is 0 Å². The van der Waals surface area contributed by atoms with Crippen molar-refractivity contribution in [2.24, 2.45) is 0 Å². The van der Waals surface area contributed by atoms with Crippen LogP contribution >= 0.6 is 0 Å². The predicted octanol–water partition coefficient (Wildman–Crippen LogP) is -0.156. The summed E-state index contributed by atoms with van der Waals surface area (Å²) in [5.74, 6) is 0. The van der Waals surface area contributed by atoms with Gasteiger partial charge in [-0.15, -0.1) is 0 Å². The molecule has 5 heteroatoms. The number of ether oxygens (including phenoxy) is 1. The van der Waals surface area contributed by atoms with E-state index in [9.17, 15) is 9.90 Å². The number of alkyl carbamates (subject to hydrolysis) is 1. The van der Waals surface area contributed by atoms with Gasteiger partial charge in [0.15, 0.2) is 0 Å². The first-order chi connectivity index (χ1) is 6.59. The lowest BCUT2D eigenvalue weighted by Crippen LogP contribution is -2.54. The number of hydrogen-bond donors (Lipinski definition) is 3. The lowest BCUT2D eigenvalue weighted by atomic mass is 10.0. The molecule has 0 aliphatic carbocycles. The van der Waals surface area contributed by atoms with Crippen LogP contribution in [0, 0.1) is 0 Å². The molecule has 1 amide bonds. The molecular weight excluding hydrogens is 184 g/mol. The number of piperidine rings is 1. The van der Waals surface area contributed by atoms with Crippen LogP contribution in [0.25, 0.3) is 0 Å². The van der Waals surface area contributed by atoms with Crippen LogP contribution < -0.4 is 10.6 Å². The molecule has 1 fully saturated rings. The van der Waals surface area contributed by atoms with E-state index < -0.39 is 12.2 Å². The summed E-state index contributed by atoms with van der Waals surface area (Å²) in [5.41, 5.74) is 0. The Morgan fingerprint density at radius 3 is 2.93 bits per heavy atom. The van der Waals surface area contributed by atoms with E-state index in [2.05, 4.69) is 10.6 Å². The minimum absolute atomic E-state index is 0.135. The molecule has 0 spiro atoms. The molecule has 2 atom stereocenters. The van der Waals surface area contributed by atoms with Crippen molar-refractivity contribution in [3.05, 3.63) is 0 Å². The van der Waals surface area contributed by atoms with Gasteiger partial charge < -0.3 is 20.5 Å². The fourth-order valence-corrected chi connectivity index (χ4v) is 1.39. The number of aliphatic hydroxyl groups is 1. The molecule has 0 radical (unpaired) electrons. The molecule has 0 aromatic heterocycles. The molecule has 1 aliphatic heterocycles. The molecule has 0 bridgehead atoms. The Labute approximate surface area is 83.8 Å². The van der Waals surface area contributed by atoms with Gasteiger partial charge in [0.1, 0.15) is 0 Å². The Hall–Kier alpha value is -0.810. The summed E-state index contributed by atoms with van der Waals surface area (Å²) in [4.78, 5) is 11.2. The highest BCUT2D eigenvalue weighted by molar-refractivity contribution is 5.67. The second-order valence-corrected chi connectivity index (χ2v) is 3.77. The summed E-state index contributed by atoms with van der Waals surface area (Å²) in [7, 11) is 0. The molecule has 0 aromatic rings. The highest BCUT2D eigenvalue weighted by Gasteiger charge is 2.24. The molecular formula is C9H18N2O3. The lowest BCUT2D eigenvalue weighted by Gasteiger charge is -2.28. The van der Waals surface area contributed by atoms with Crippen molar-refractivity contribution < 1.29 is 14.6 Å². The minimum Gasteiger partial charge on any atom is -0.447 e. The third kappa shape index (κ3) is 3.51. The molecule has 3 N–H and O–H groups in total. The Morgan fingerprint density at radius 1 is 1.64 bits per heavy atom. The molecule has 82 valence electrons. The van der Waals surface area contributed by atoms with E-state index in [-0.39, 0.29) is 12.1 Å². The molecule has 14 heavy (non-hydrogen) atoms. The van der Waals surface area contributed by atoms with E-state index in [4.69, 9.17) is 4.74 Å². The quantitative estimate of drug-likeness (QED) is 0.582. The molecule has 1 saturated heterocycles. The predicted molar refractivity (Wildman–Crippen MR) is 52.0 cm³/mol. The van der Waals surface area contributed by atoms with Crippen LogP contribution in [0.2, 0.25) is 0 Å². The maximum atomic E-state index is 11.2. The Bertz CT molecular complexity index is 196. The fraction of sp³-hybridized carbons (Fsp3) is 0.889. The van der Waals surface area contributed by atoms with Crippen molar-refractivity contribution in [1.82, 2.24) is 10.6 Å². The van der Waals surface area contributed by atoms with Crippen LogP contribution in [0.5, 0.6) is 0 Å². The molecule has 0 aromatic carbocycles. The first kappa shape index (κ1) is 11.3. The largest absolute Gasteiger partial charge is 0.447 e. The third-order valence-corrected chi connectivity index (χ3v) is 2.09. The van der Waals surface area contributed by atoms with Crippen molar-refractivity contribution in [2.75, 3.05) is 13.1 Å². The number of amides is 1. The van der Waals surface area contributed by atoms with E-state index in [1.165, 1.54) is 0 Å². The van der Waals surface area contributed by atoms with E-state index in [0.29, 0.717) is 13.0 Å². The number of hydrogen-bond acceptors (Lipinski definition) is 4.